The summed E-state index contributed by atoms with van der Waals surface area (Å²) in [6.45, 7) is 0. The first-order chi connectivity index (χ1) is 11.8. The molecule has 1 aliphatic carbocycles. The van der Waals surface area contributed by atoms with Crippen molar-refractivity contribution < 1.29 is 4.79 Å². The van der Waals surface area contributed by atoms with Crippen molar-refractivity contribution in [2.45, 2.75) is 43.3 Å². The Morgan fingerprint density at radius 1 is 1.38 bits per heavy atom. The van der Waals surface area contributed by atoms with Gasteiger partial charge in [0, 0.05) is 12.2 Å². The Hall–Kier alpha value is -2.40. The number of benzene rings is 1. The van der Waals surface area contributed by atoms with Crippen LogP contribution in [0.4, 0.5) is 5.69 Å². The normalized spacial score (nSPS) is 14.5. The average molecular weight is 342 g/mol. The van der Waals surface area contributed by atoms with Gasteiger partial charge in [-0.15, -0.1) is 5.10 Å². The van der Waals surface area contributed by atoms with Crippen molar-refractivity contribution in [2.24, 2.45) is 0 Å². The topological polar surface area (TPSA) is 96.5 Å². The standard InChI is InChI=1S/C16H18N6OS/c17-11-12-5-1-4-8-14(12)18-15(23)9-10-24-16-19-20-21-22(16)13-6-2-3-7-13/h1,4-5,8,13H,2-3,6-7,9-10H2,(H,18,23). The number of anilines is 1. The summed E-state index contributed by atoms with van der Waals surface area (Å²) in [4.78, 5) is 12.1. The second-order valence-corrected chi connectivity index (χ2v) is 6.71. The molecule has 7 nitrogen and oxygen atoms in total. The highest BCUT2D eigenvalue weighted by Crippen LogP contribution is 2.31. The molecule has 1 heterocycles. The van der Waals surface area contributed by atoms with Gasteiger partial charge in [0.2, 0.25) is 11.1 Å². The van der Waals surface area contributed by atoms with Crippen molar-refractivity contribution in [1.29, 1.82) is 5.26 Å². The lowest BCUT2D eigenvalue weighted by Crippen LogP contribution is -2.13. The van der Waals surface area contributed by atoms with E-state index in [1.165, 1.54) is 24.6 Å². The molecular weight excluding hydrogens is 324 g/mol. The molecule has 1 aromatic carbocycles. The van der Waals surface area contributed by atoms with Crippen LogP contribution >= 0.6 is 11.8 Å². The molecule has 0 atom stereocenters. The van der Waals surface area contributed by atoms with Gasteiger partial charge in [-0.2, -0.15) is 5.26 Å². The van der Waals surface area contributed by atoms with Gasteiger partial charge in [0.1, 0.15) is 6.07 Å². The Labute approximate surface area is 144 Å². The molecular formula is C16H18N6OS. The molecule has 1 amide bonds. The van der Waals surface area contributed by atoms with Crippen molar-refractivity contribution in [1.82, 2.24) is 20.2 Å². The number of tetrazole rings is 1. The zero-order chi connectivity index (χ0) is 16.8. The molecule has 2 aromatic rings. The number of hydrogen-bond acceptors (Lipinski definition) is 6. The fraction of sp³-hybridized carbons (Fsp3) is 0.438. The van der Waals surface area contributed by atoms with Crippen molar-refractivity contribution in [3.8, 4) is 6.07 Å². The summed E-state index contributed by atoms with van der Waals surface area (Å²) in [5, 5.41) is 24.5. The van der Waals surface area contributed by atoms with Crippen LogP contribution in [0.25, 0.3) is 0 Å². The first kappa shape index (κ1) is 16.5. The smallest absolute Gasteiger partial charge is 0.225 e. The van der Waals surface area contributed by atoms with Crippen LogP contribution in [0.5, 0.6) is 0 Å². The van der Waals surface area contributed by atoms with Gasteiger partial charge in [-0.25, -0.2) is 4.68 Å². The highest BCUT2D eigenvalue weighted by Gasteiger charge is 2.21. The number of nitrogens with zero attached hydrogens (tertiary/aromatic N) is 5. The number of carbonyl (C=O) groups is 1. The summed E-state index contributed by atoms with van der Waals surface area (Å²) in [7, 11) is 0. The van der Waals surface area contributed by atoms with E-state index in [1.807, 2.05) is 4.68 Å². The Kier molecular flexibility index (Phi) is 5.43. The van der Waals surface area contributed by atoms with Crippen molar-refractivity contribution in [2.75, 3.05) is 11.1 Å². The van der Waals surface area contributed by atoms with Crippen LogP contribution in [0.2, 0.25) is 0 Å². The molecule has 1 aromatic heterocycles. The van der Waals surface area contributed by atoms with Gasteiger partial charge in [0.15, 0.2) is 0 Å². The van der Waals surface area contributed by atoms with Crippen LogP contribution in [-0.2, 0) is 4.79 Å². The summed E-state index contributed by atoms with van der Waals surface area (Å²) in [5.41, 5.74) is 1.01. The maximum absolute atomic E-state index is 12.1. The van der Waals surface area contributed by atoms with E-state index in [4.69, 9.17) is 5.26 Å². The number of para-hydroxylation sites is 1. The van der Waals surface area contributed by atoms with E-state index >= 15 is 0 Å². The molecule has 0 unspecified atom stereocenters. The number of rotatable bonds is 6. The predicted octanol–water partition coefficient (Wildman–Crippen LogP) is 2.78. The highest BCUT2D eigenvalue weighted by atomic mass is 32.2. The third-order valence-corrected chi connectivity index (χ3v) is 4.95. The lowest BCUT2D eigenvalue weighted by Gasteiger charge is -2.10. The third-order valence-electron chi connectivity index (χ3n) is 4.02. The summed E-state index contributed by atoms with van der Waals surface area (Å²) in [6.07, 6.45) is 5.00. The van der Waals surface area contributed by atoms with Crippen LogP contribution in [-0.4, -0.2) is 31.9 Å². The minimum absolute atomic E-state index is 0.120. The van der Waals surface area contributed by atoms with Gasteiger partial charge < -0.3 is 5.32 Å². The molecule has 124 valence electrons. The number of thioether (sulfide) groups is 1. The Balaban J connectivity index is 1.51. The van der Waals surface area contributed by atoms with E-state index in [0.29, 0.717) is 29.5 Å². The van der Waals surface area contributed by atoms with Gasteiger partial charge in [-0.05, 0) is 35.4 Å². The molecule has 1 aliphatic rings. The molecule has 24 heavy (non-hydrogen) atoms. The van der Waals surface area contributed by atoms with E-state index in [-0.39, 0.29) is 5.91 Å². The third kappa shape index (κ3) is 3.92. The van der Waals surface area contributed by atoms with Gasteiger partial charge in [-0.3, -0.25) is 4.79 Å². The van der Waals surface area contributed by atoms with E-state index in [9.17, 15) is 4.79 Å². The first-order valence-corrected chi connectivity index (χ1v) is 8.96. The first-order valence-electron chi connectivity index (χ1n) is 7.97. The zero-order valence-corrected chi connectivity index (χ0v) is 14.0. The van der Waals surface area contributed by atoms with Crippen LogP contribution in [0.3, 0.4) is 0 Å². The summed E-state index contributed by atoms with van der Waals surface area (Å²) in [6, 6.07) is 9.43. The molecule has 0 spiro atoms. The largest absolute Gasteiger partial charge is 0.325 e. The number of carbonyl (C=O) groups excluding carboxylic acids is 1. The SMILES string of the molecule is N#Cc1ccccc1NC(=O)CCSc1nnnn1C1CCCC1. The number of aromatic nitrogens is 4. The van der Waals surface area contributed by atoms with E-state index in [1.54, 1.807) is 24.3 Å². The lowest BCUT2D eigenvalue weighted by atomic mass is 10.2. The quantitative estimate of drug-likeness (QED) is 0.811. The molecule has 0 bridgehead atoms. The number of nitriles is 1. The number of hydrogen-bond donors (Lipinski definition) is 1. The Bertz CT molecular complexity index is 747. The highest BCUT2D eigenvalue weighted by molar-refractivity contribution is 7.99. The fourth-order valence-corrected chi connectivity index (χ4v) is 3.68. The molecule has 3 rings (SSSR count). The van der Waals surface area contributed by atoms with E-state index in [0.717, 1.165) is 18.0 Å². The van der Waals surface area contributed by atoms with Crippen LogP contribution in [0.1, 0.15) is 43.7 Å². The second kappa shape index (κ2) is 7.93. The minimum Gasteiger partial charge on any atom is -0.325 e. The molecule has 1 fully saturated rings. The zero-order valence-electron chi connectivity index (χ0n) is 13.2. The summed E-state index contributed by atoms with van der Waals surface area (Å²) in [5.74, 6) is 0.471. The average Bonchev–Trinajstić information content (AvgIpc) is 3.26. The summed E-state index contributed by atoms with van der Waals surface area (Å²) >= 11 is 1.49. The molecule has 8 heteroatoms. The number of nitrogens with one attached hydrogen (secondary N) is 1. The van der Waals surface area contributed by atoms with Crippen LogP contribution < -0.4 is 5.32 Å². The Morgan fingerprint density at radius 3 is 2.96 bits per heavy atom. The monoisotopic (exact) mass is 342 g/mol. The van der Waals surface area contributed by atoms with E-state index in [2.05, 4.69) is 26.9 Å². The molecule has 0 saturated heterocycles. The van der Waals surface area contributed by atoms with Crippen molar-refractivity contribution >= 4 is 23.4 Å². The fourth-order valence-electron chi connectivity index (χ4n) is 2.80. The van der Waals surface area contributed by atoms with Gasteiger partial charge in [-0.1, -0.05) is 36.7 Å². The molecule has 0 radical (unpaired) electrons. The molecule has 0 aliphatic heterocycles. The number of amides is 1. The lowest BCUT2D eigenvalue weighted by molar-refractivity contribution is -0.115. The van der Waals surface area contributed by atoms with Gasteiger partial charge >= 0.3 is 0 Å². The minimum atomic E-state index is -0.120. The van der Waals surface area contributed by atoms with Crippen LogP contribution in [0.15, 0.2) is 29.4 Å². The maximum Gasteiger partial charge on any atom is 0.225 e. The van der Waals surface area contributed by atoms with Crippen molar-refractivity contribution in [3.05, 3.63) is 29.8 Å². The second-order valence-electron chi connectivity index (χ2n) is 5.65. The van der Waals surface area contributed by atoms with Gasteiger partial charge in [0.05, 0.1) is 17.3 Å². The van der Waals surface area contributed by atoms with Crippen LogP contribution in [0, 0.1) is 11.3 Å². The molecule has 1 saturated carbocycles. The summed E-state index contributed by atoms with van der Waals surface area (Å²) < 4.78 is 1.89. The predicted molar refractivity (Wildman–Crippen MR) is 90.4 cm³/mol. The Morgan fingerprint density at radius 2 is 2.17 bits per heavy atom. The van der Waals surface area contributed by atoms with Gasteiger partial charge in [0.25, 0.3) is 0 Å². The maximum atomic E-state index is 12.1. The molecule has 1 N–H and O–H groups in total. The van der Waals surface area contributed by atoms with Crippen molar-refractivity contribution in [3.63, 3.8) is 0 Å². The van der Waals surface area contributed by atoms with E-state index < -0.39 is 0 Å².